The summed E-state index contributed by atoms with van der Waals surface area (Å²) < 4.78 is 0. The van der Waals surface area contributed by atoms with E-state index in [9.17, 15) is 4.79 Å². The number of anilines is 1. The summed E-state index contributed by atoms with van der Waals surface area (Å²) in [5.74, 6) is 4.71. The molecule has 0 saturated heterocycles. The molecule has 0 amide bonds. The summed E-state index contributed by atoms with van der Waals surface area (Å²) in [5.41, 5.74) is 6.23. The van der Waals surface area contributed by atoms with Crippen molar-refractivity contribution >= 4 is 23.6 Å². The molecule has 0 bridgehead atoms. The van der Waals surface area contributed by atoms with Crippen molar-refractivity contribution in [3.05, 3.63) is 23.0 Å². The maximum Gasteiger partial charge on any atom is 0.193 e. The van der Waals surface area contributed by atoms with Crippen molar-refractivity contribution in [3.63, 3.8) is 0 Å². The molecule has 0 radical (unpaired) electrons. The molecule has 12 heavy (non-hydrogen) atoms. The van der Waals surface area contributed by atoms with Crippen molar-refractivity contribution in [2.24, 2.45) is 0 Å². The van der Waals surface area contributed by atoms with E-state index in [1.54, 1.807) is 12.1 Å². The van der Waals surface area contributed by atoms with E-state index in [1.165, 1.54) is 0 Å². The van der Waals surface area contributed by atoms with Crippen molar-refractivity contribution < 1.29 is 4.79 Å². The summed E-state index contributed by atoms with van der Waals surface area (Å²) in [7, 11) is 0. The smallest absolute Gasteiger partial charge is 0.193 e. The molecular weight excluding hydrogens is 176 g/mol. The van der Waals surface area contributed by atoms with E-state index in [-0.39, 0.29) is 5.15 Å². The molecule has 1 heterocycles. The molecule has 1 aromatic heterocycles. The molecule has 0 aliphatic carbocycles. The second kappa shape index (κ2) is 3.74. The number of aldehydes is 1. The number of hydrogen-bond acceptors (Lipinski definition) is 3. The first-order valence-corrected chi connectivity index (χ1v) is 3.49. The molecular formula is C8H5ClN2O. The Morgan fingerprint density at radius 1 is 1.58 bits per heavy atom. The largest absolute Gasteiger partial charge is 0.396 e. The van der Waals surface area contributed by atoms with Crippen LogP contribution in [-0.4, -0.2) is 11.3 Å². The third-order valence-electron chi connectivity index (χ3n) is 1.14. The molecule has 0 aliphatic heterocycles. The Morgan fingerprint density at radius 3 is 2.92 bits per heavy atom. The zero-order valence-corrected chi connectivity index (χ0v) is 6.80. The average molecular weight is 181 g/mol. The Balaban J connectivity index is 3.04. The van der Waals surface area contributed by atoms with Crippen LogP contribution in [0, 0.1) is 11.8 Å². The Kier molecular flexibility index (Phi) is 2.67. The van der Waals surface area contributed by atoms with Gasteiger partial charge in [0, 0.05) is 0 Å². The summed E-state index contributed by atoms with van der Waals surface area (Å²) in [6, 6.07) is 3.18. The van der Waals surface area contributed by atoms with Crippen molar-refractivity contribution in [2.45, 2.75) is 0 Å². The van der Waals surface area contributed by atoms with Crippen LogP contribution in [0.4, 0.5) is 5.69 Å². The molecule has 2 N–H and O–H groups in total. The number of aromatic nitrogens is 1. The van der Waals surface area contributed by atoms with E-state index in [0.717, 1.165) is 0 Å². The van der Waals surface area contributed by atoms with Crippen LogP contribution in [0.1, 0.15) is 5.69 Å². The predicted octanol–water partition coefficient (Wildman–Crippen LogP) is 0.868. The molecule has 0 saturated carbocycles. The summed E-state index contributed by atoms with van der Waals surface area (Å²) in [6.07, 6.45) is 0.492. The first kappa shape index (κ1) is 8.57. The van der Waals surface area contributed by atoms with Gasteiger partial charge in [0.25, 0.3) is 0 Å². The van der Waals surface area contributed by atoms with Gasteiger partial charge in [0.15, 0.2) is 11.4 Å². The monoisotopic (exact) mass is 180 g/mol. The Morgan fingerprint density at radius 2 is 2.33 bits per heavy atom. The van der Waals surface area contributed by atoms with Crippen LogP contribution in [0.5, 0.6) is 0 Å². The van der Waals surface area contributed by atoms with Crippen LogP contribution in [-0.2, 0) is 4.79 Å². The van der Waals surface area contributed by atoms with Gasteiger partial charge in [-0.1, -0.05) is 11.6 Å². The Labute approximate surface area is 74.5 Å². The lowest BCUT2D eigenvalue weighted by Gasteiger charge is -1.95. The number of pyridine rings is 1. The van der Waals surface area contributed by atoms with Gasteiger partial charge >= 0.3 is 0 Å². The molecule has 0 aromatic carbocycles. The molecule has 0 aliphatic rings. The highest BCUT2D eigenvalue weighted by Gasteiger charge is 1.96. The second-order valence-electron chi connectivity index (χ2n) is 1.96. The molecule has 0 atom stereocenters. The first-order valence-electron chi connectivity index (χ1n) is 3.11. The van der Waals surface area contributed by atoms with Crippen LogP contribution >= 0.6 is 11.6 Å². The summed E-state index contributed by atoms with van der Waals surface area (Å²) >= 11 is 5.60. The standard InChI is InChI=1S/C8H5ClN2O/c9-8-7(10)4-3-6(11-8)2-1-5-12/h3-5H,10H2. The molecule has 3 nitrogen and oxygen atoms in total. The molecule has 0 unspecified atom stereocenters. The number of nitrogens with two attached hydrogens (primary N) is 1. The van der Waals surface area contributed by atoms with Crippen LogP contribution < -0.4 is 5.73 Å². The molecule has 0 spiro atoms. The number of rotatable bonds is 0. The van der Waals surface area contributed by atoms with Crippen molar-refractivity contribution in [1.82, 2.24) is 4.98 Å². The maximum atomic E-state index is 9.87. The number of halogens is 1. The van der Waals surface area contributed by atoms with E-state index in [0.29, 0.717) is 17.7 Å². The number of nitrogen functional groups attached to an aromatic ring is 1. The van der Waals surface area contributed by atoms with E-state index in [2.05, 4.69) is 16.8 Å². The van der Waals surface area contributed by atoms with Gasteiger partial charge in [-0.3, -0.25) is 4.79 Å². The molecule has 0 fully saturated rings. The highest BCUT2D eigenvalue weighted by molar-refractivity contribution is 6.31. The minimum absolute atomic E-state index is 0.202. The van der Waals surface area contributed by atoms with Gasteiger partial charge in [-0.2, -0.15) is 0 Å². The lowest BCUT2D eigenvalue weighted by Crippen LogP contribution is -1.90. The van der Waals surface area contributed by atoms with Gasteiger partial charge in [0.1, 0.15) is 5.69 Å². The van der Waals surface area contributed by atoms with Crippen molar-refractivity contribution in [2.75, 3.05) is 5.73 Å². The fourth-order valence-corrected chi connectivity index (χ4v) is 0.772. The number of hydrogen-bond donors (Lipinski definition) is 1. The summed E-state index contributed by atoms with van der Waals surface area (Å²) in [4.78, 5) is 13.7. The predicted molar refractivity (Wildman–Crippen MR) is 46.6 cm³/mol. The second-order valence-corrected chi connectivity index (χ2v) is 2.32. The van der Waals surface area contributed by atoms with Gasteiger partial charge in [0.2, 0.25) is 0 Å². The minimum Gasteiger partial charge on any atom is -0.396 e. The molecule has 4 heteroatoms. The third kappa shape index (κ3) is 1.97. The van der Waals surface area contributed by atoms with Gasteiger partial charge in [0.05, 0.1) is 5.69 Å². The van der Waals surface area contributed by atoms with E-state index < -0.39 is 0 Å². The van der Waals surface area contributed by atoms with Crippen molar-refractivity contribution in [1.29, 1.82) is 0 Å². The first-order chi connectivity index (χ1) is 5.74. The van der Waals surface area contributed by atoms with Crippen molar-refractivity contribution in [3.8, 4) is 11.8 Å². The van der Waals surface area contributed by atoms with Crippen LogP contribution in [0.2, 0.25) is 5.15 Å². The van der Waals surface area contributed by atoms with Crippen LogP contribution in [0.3, 0.4) is 0 Å². The highest BCUT2D eigenvalue weighted by atomic mass is 35.5. The zero-order chi connectivity index (χ0) is 8.97. The average Bonchev–Trinajstić information content (AvgIpc) is 2.07. The van der Waals surface area contributed by atoms with E-state index in [4.69, 9.17) is 17.3 Å². The third-order valence-corrected chi connectivity index (χ3v) is 1.44. The number of nitrogens with zero attached hydrogens (tertiary/aromatic N) is 1. The van der Waals surface area contributed by atoms with Gasteiger partial charge < -0.3 is 5.73 Å². The van der Waals surface area contributed by atoms with Gasteiger partial charge in [-0.25, -0.2) is 4.98 Å². The van der Waals surface area contributed by atoms with E-state index >= 15 is 0 Å². The van der Waals surface area contributed by atoms with Gasteiger partial charge in [-0.15, -0.1) is 0 Å². The normalized spacial score (nSPS) is 8.42. The van der Waals surface area contributed by atoms with E-state index in [1.807, 2.05) is 0 Å². The fourth-order valence-electron chi connectivity index (χ4n) is 0.618. The Bertz CT molecular complexity index is 365. The Hall–Kier alpha value is -1.53. The molecule has 60 valence electrons. The number of carbonyl (C=O) groups excluding carboxylic acids is 1. The highest BCUT2D eigenvalue weighted by Crippen LogP contribution is 2.14. The summed E-state index contributed by atoms with van der Waals surface area (Å²) in [6.45, 7) is 0. The lowest BCUT2D eigenvalue weighted by atomic mass is 10.3. The SMILES string of the molecule is Nc1ccc(C#CC=O)nc1Cl. The topological polar surface area (TPSA) is 56.0 Å². The molecule has 1 rings (SSSR count). The zero-order valence-electron chi connectivity index (χ0n) is 6.04. The van der Waals surface area contributed by atoms with Crippen LogP contribution in [0.15, 0.2) is 12.1 Å². The lowest BCUT2D eigenvalue weighted by molar-refractivity contribution is -0.103. The maximum absolute atomic E-state index is 9.87. The fraction of sp³-hybridized carbons (Fsp3) is 0. The quantitative estimate of drug-likeness (QED) is 0.366. The number of carbonyl (C=O) groups is 1. The minimum atomic E-state index is 0.202. The molecule has 1 aromatic rings. The van der Waals surface area contributed by atoms with Crippen LogP contribution in [0.25, 0.3) is 0 Å². The summed E-state index contributed by atoms with van der Waals surface area (Å²) in [5, 5.41) is 0.202. The van der Waals surface area contributed by atoms with Gasteiger partial charge in [-0.05, 0) is 24.0 Å².